The van der Waals surface area contributed by atoms with Crippen molar-refractivity contribution in [2.75, 3.05) is 0 Å². The highest BCUT2D eigenvalue weighted by molar-refractivity contribution is 5.31. The van der Waals surface area contributed by atoms with Crippen LogP contribution in [0.15, 0.2) is 48.5 Å². The molecule has 1 nitrogen and oxygen atoms in total. The van der Waals surface area contributed by atoms with Crippen molar-refractivity contribution in [2.45, 2.75) is 44.6 Å². The first-order valence-corrected chi connectivity index (χ1v) is 7.61. The first-order valence-electron chi connectivity index (χ1n) is 7.61. The van der Waals surface area contributed by atoms with E-state index in [2.05, 4.69) is 36.4 Å². The van der Waals surface area contributed by atoms with Crippen LogP contribution in [0.4, 0.5) is 0 Å². The summed E-state index contributed by atoms with van der Waals surface area (Å²) in [6.45, 7) is 0. The van der Waals surface area contributed by atoms with Crippen LogP contribution in [0.5, 0.6) is 5.75 Å². The van der Waals surface area contributed by atoms with E-state index in [9.17, 15) is 0 Å². The van der Waals surface area contributed by atoms with E-state index in [-0.39, 0.29) is 0 Å². The van der Waals surface area contributed by atoms with Gasteiger partial charge in [-0.3, -0.25) is 0 Å². The molecule has 0 amide bonds. The normalized spacial score (nSPS) is 16.0. The van der Waals surface area contributed by atoms with Crippen molar-refractivity contribution in [1.82, 2.24) is 0 Å². The lowest BCUT2D eigenvalue weighted by molar-refractivity contribution is 0.155. The Morgan fingerprint density at radius 2 is 1.75 bits per heavy atom. The van der Waals surface area contributed by atoms with Crippen LogP contribution in [0.1, 0.15) is 43.2 Å². The van der Waals surface area contributed by atoms with E-state index >= 15 is 0 Å². The van der Waals surface area contributed by atoms with Crippen molar-refractivity contribution in [3.05, 3.63) is 65.7 Å². The van der Waals surface area contributed by atoms with Gasteiger partial charge in [-0.25, -0.2) is 0 Å². The van der Waals surface area contributed by atoms with Crippen molar-refractivity contribution in [3.8, 4) is 5.75 Å². The maximum Gasteiger partial charge on any atom is 0.119 e. The Balaban J connectivity index is 1.59. The number of ether oxygens (including phenoxy) is 1. The summed E-state index contributed by atoms with van der Waals surface area (Å²) in [5.74, 6) is 1.01. The molecule has 0 unspecified atom stereocenters. The topological polar surface area (TPSA) is 9.23 Å². The van der Waals surface area contributed by atoms with E-state index in [1.807, 2.05) is 18.2 Å². The molecule has 2 aromatic carbocycles. The standard InChI is InChI=1S/C19H21O/c1-3-7-16(8-4-1)15-17-11-13-19(14-12-17)20-18-9-5-2-6-10-18/h1,3,7-8,11-14,18H,2,5-6,9-10,15H2. The van der Waals surface area contributed by atoms with Gasteiger partial charge in [-0.1, -0.05) is 42.8 Å². The lowest BCUT2D eigenvalue weighted by atomic mass is 9.98. The molecule has 0 aromatic heterocycles. The Morgan fingerprint density at radius 1 is 0.950 bits per heavy atom. The Morgan fingerprint density at radius 3 is 2.45 bits per heavy atom. The second-order valence-corrected chi connectivity index (χ2v) is 5.61. The van der Waals surface area contributed by atoms with Gasteiger partial charge in [0.1, 0.15) is 5.75 Å². The van der Waals surface area contributed by atoms with Crippen LogP contribution in [0.3, 0.4) is 0 Å². The molecule has 0 N–H and O–H groups in total. The van der Waals surface area contributed by atoms with Crippen LogP contribution in [-0.4, -0.2) is 6.10 Å². The second-order valence-electron chi connectivity index (χ2n) is 5.61. The van der Waals surface area contributed by atoms with E-state index in [1.165, 1.54) is 43.2 Å². The molecule has 0 heterocycles. The van der Waals surface area contributed by atoms with Crippen molar-refractivity contribution in [1.29, 1.82) is 0 Å². The highest BCUT2D eigenvalue weighted by Gasteiger charge is 2.14. The van der Waals surface area contributed by atoms with Crippen LogP contribution in [0.2, 0.25) is 0 Å². The molecule has 1 heteroatoms. The van der Waals surface area contributed by atoms with E-state index in [0.29, 0.717) is 6.10 Å². The molecule has 1 radical (unpaired) electrons. The lowest BCUT2D eigenvalue weighted by Gasteiger charge is -2.23. The molecule has 3 rings (SSSR count). The quantitative estimate of drug-likeness (QED) is 0.772. The largest absolute Gasteiger partial charge is 0.490 e. The molecule has 0 spiro atoms. The highest BCUT2D eigenvalue weighted by atomic mass is 16.5. The van der Waals surface area contributed by atoms with Gasteiger partial charge >= 0.3 is 0 Å². The van der Waals surface area contributed by atoms with Gasteiger partial charge in [-0.05, 0) is 61.4 Å². The van der Waals surface area contributed by atoms with Crippen LogP contribution in [0, 0.1) is 6.07 Å². The summed E-state index contributed by atoms with van der Waals surface area (Å²) < 4.78 is 6.05. The third-order valence-corrected chi connectivity index (χ3v) is 3.96. The predicted octanol–water partition coefficient (Wildman–Crippen LogP) is 4.79. The zero-order valence-electron chi connectivity index (χ0n) is 11.8. The van der Waals surface area contributed by atoms with Gasteiger partial charge in [-0.2, -0.15) is 0 Å². The fourth-order valence-corrected chi connectivity index (χ4v) is 2.84. The number of benzene rings is 2. The maximum atomic E-state index is 6.05. The maximum absolute atomic E-state index is 6.05. The third kappa shape index (κ3) is 3.63. The molecule has 0 saturated heterocycles. The van der Waals surface area contributed by atoms with E-state index in [0.717, 1.165) is 12.2 Å². The summed E-state index contributed by atoms with van der Waals surface area (Å²) in [6, 6.07) is 19.8. The summed E-state index contributed by atoms with van der Waals surface area (Å²) in [5.41, 5.74) is 2.62. The average molecular weight is 265 g/mol. The van der Waals surface area contributed by atoms with Crippen molar-refractivity contribution in [2.24, 2.45) is 0 Å². The minimum Gasteiger partial charge on any atom is -0.490 e. The summed E-state index contributed by atoms with van der Waals surface area (Å²) in [4.78, 5) is 0. The smallest absolute Gasteiger partial charge is 0.119 e. The number of hydrogen-bond acceptors (Lipinski definition) is 1. The van der Waals surface area contributed by atoms with Gasteiger partial charge in [0.15, 0.2) is 0 Å². The molecular weight excluding hydrogens is 244 g/mol. The van der Waals surface area contributed by atoms with Gasteiger partial charge in [0.2, 0.25) is 0 Å². The van der Waals surface area contributed by atoms with Gasteiger partial charge in [0.05, 0.1) is 6.10 Å². The molecule has 20 heavy (non-hydrogen) atoms. The fourth-order valence-electron chi connectivity index (χ4n) is 2.84. The Kier molecular flexibility index (Phi) is 4.37. The Bertz CT molecular complexity index is 509. The van der Waals surface area contributed by atoms with Gasteiger partial charge in [0, 0.05) is 0 Å². The Labute approximate surface area is 121 Å². The van der Waals surface area contributed by atoms with E-state index < -0.39 is 0 Å². The third-order valence-electron chi connectivity index (χ3n) is 3.96. The van der Waals surface area contributed by atoms with E-state index in [4.69, 9.17) is 4.74 Å². The summed E-state index contributed by atoms with van der Waals surface area (Å²) >= 11 is 0. The first kappa shape index (κ1) is 13.2. The van der Waals surface area contributed by atoms with E-state index in [1.54, 1.807) is 0 Å². The van der Waals surface area contributed by atoms with Crippen LogP contribution in [-0.2, 0) is 6.42 Å². The molecule has 0 atom stereocenters. The SMILES string of the molecule is [c]1cccc(Cc2ccc(OC3CCCCC3)cc2)c1. The lowest BCUT2D eigenvalue weighted by Crippen LogP contribution is -2.19. The van der Waals surface area contributed by atoms with Gasteiger partial charge in [-0.15, -0.1) is 0 Å². The summed E-state index contributed by atoms with van der Waals surface area (Å²) in [5, 5.41) is 0. The molecule has 1 fully saturated rings. The van der Waals surface area contributed by atoms with Crippen molar-refractivity contribution < 1.29 is 4.74 Å². The predicted molar refractivity (Wildman–Crippen MR) is 82.0 cm³/mol. The van der Waals surface area contributed by atoms with Crippen molar-refractivity contribution >= 4 is 0 Å². The molecular formula is C19H21O. The Hall–Kier alpha value is -1.76. The number of rotatable bonds is 4. The molecule has 1 saturated carbocycles. The van der Waals surface area contributed by atoms with Crippen molar-refractivity contribution in [3.63, 3.8) is 0 Å². The van der Waals surface area contributed by atoms with Gasteiger partial charge in [0.25, 0.3) is 0 Å². The zero-order chi connectivity index (χ0) is 13.6. The number of hydrogen-bond donors (Lipinski definition) is 0. The monoisotopic (exact) mass is 265 g/mol. The molecule has 2 aromatic rings. The first-order chi connectivity index (χ1) is 9.90. The zero-order valence-corrected chi connectivity index (χ0v) is 11.8. The van der Waals surface area contributed by atoms with Crippen LogP contribution >= 0.6 is 0 Å². The molecule has 1 aliphatic carbocycles. The molecule has 103 valence electrons. The minimum atomic E-state index is 0.429. The van der Waals surface area contributed by atoms with Crippen LogP contribution in [0.25, 0.3) is 0 Å². The summed E-state index contributed by atoms with van der Waals surface area (Å²) in [7, 11) is 0. The molecule has 1 aliphatic rings. The van der Waals surface area contributed by atoms with Gasteiger partial charge < -0.3 is 4.74 Å². The fraction of sp³-hybridized carbons (Fsp3) is 0.368. The molecule has 0 bridgehead atoms. The summed E-state index contributed by atoms with van der Waals surface area (Å²) in [6.07, 6.45) is 7.80. The highest BCUT2D eigenvalue weighted by Crippen LogP contribution is 2.24. The average Bonchev–Trinajstić information content (AvgIpc) is 2.51. The second kappa shape index (κ2) is 6.60. The minimum absolute atomic E-state index is 0.429. The van der Waals surface area contributed by atoms with Crippen LogP contribution < -0.4 is 4.74 Å². The molecule has 0 aliphatic heterocycles.